The van der Waals surface area contributed by atoms with Crippen molar-refractivity contribution >= 4 is 0 Å². The molecule has 0 N–H and O–H groups in total. The molecule has 0 saturated carbocycles. The van der Waals surface area contributed by atoms with Crippen LogP contribution in [-0.4, -0.2) is 9.55 Å². The fourth-order valence-corrected chi connectivity index (χ4v) is 1.04. The van der Waals surface area contributed by atoms with Gasteiger partial charge in [0, 0.05) is 6.20 Å². The van der Waals surface area contributed by atoms with Crippen LogP contribution in [0.3, 0.4) is 0 Å². The molecule has 3 heteroatoms. The number of aromatic nitrogens is 2. The lowest BCUT2D eigenvalue weighted by molar-refractivity contribution is 0.671. The van der Waals surface area contributed by atoms with E-state index in [2.05, 4.69) is 18.0 Å². The van der Waals surface area contributed by atoms with E-state index in [9.17, 15) is 0 Å². The number of nitriles is 1. The number of rotatable bonds is 3. The number of aryl methyl sites for hydroxylation is 1. The summed E-state index contributed by atoms with van der Waals surface area (Å²) < 4.78 is 1.84. The molecule has 0 bridgehead atoms. The van der Waals surface area contributed by atoms with Crippen molar-refractivity contribution in [3.8, 4) is 6.07 Å². The van der Waals surface area contributed by atoms with Gasteiger partial charge in [-0.2, -0.15) is 5.26 Å². The molecule has 1 atom stereocenters. The van der Waals surface area contributed by atoms with Crippen LogP contribution in [0.5, 0.6) is 0 Å². The Balaban J connectivity index is 2.71. The van der Waals surface area contributed by atoms with Crippen LogP contribution < -0.4 is 0 Å². The fraction of sp³-hybridized carbons (Fsp3) is 0.556. The highest BCUT2D eigenvalue weighted by atomic mass is 15.1. The third kappa shape index (κ3) is 1.85. The van der Waals surface area contributed by atoms with Gasteiger partial charge in [-0.15, -0.1) is 0 Å². The summed E-state index contributed by atoms with van der Waals surface area (Å²) >= 11 is 0. The fourth-order valence-electron chi connectivity index (χ4n) is 1.04. The first-order valence-electron chi connectivity index (χ1n) is 4.20. The zero-order chi connectivity index (χ0) is 8.97. The minimum absolute atomic E-state index is 0.108. The maximum absolute atomic E-state index is 8.63. The van der Waals surface area contributed by atoms with Crippen LogP contribution in [0.4, 0.5) is 0 Å². The molecule has 12 heavy (non-hydrogen) atoms. The van der Waals surface area contributed by atoms with Crippen molar-refractivity contribution in [2.24, 2.45) is 0 Å². The summed E-state index contributed by atoms with van der Waals surface area (Å²) in [5.74, 6) is 0. The van der Waals surface area contributed by atoms with E-state index < -0.39 is 0 Å². The van der Waals surface area contributed by atoms with E-state index in [0.717, 1.165) is 18.5 Å². The summed E-state index contributed by atoms with van der Waals surface area (Å²) in [5, 5.41) is 8.63. The van der Waals surface area contributed by atoms with Crippen LogP contribution in [0.2, 0.25) is 0 Å². The minimum atomic E-state index is -0.108. The van der Waals surface area contributed by atoms with Crippen molar-refractivity contribution in [1.82, 2.24) is 9.55 Å². The van der Waals surface area contributed by atoms with Gasteiger partial charge in [-0.25, -0.2) is 4.98 Å². The monoisotopic (exact) mass is 163 g/mol. The van der Waals surface area contributed by atoms with Gasteiger partial charge in [0.25, 0.3) is 0 Å². The number of hydrogen-bond acceptors (Lipinski definition) is 2. The van der Waals surface area contributed by atoms with Gasteiger partial charge in [0.15, 0.2) is 0 Å². The predicted octanol–water partition coefficient (Wildman–Crippen LogP) is 1.92. The lowest BCUT2D eigenvalue weighted by Gasteiger charge is -2.00. The second kappa shape index (κ2) is 3.91. The topological polar surface area (TPSA) is 41.6 Å². The molecule has 64 valence electrons. The molecule has 0 spiro atoms. The summed E-state index contributed by atoms with van der Waals surface area (Å²) in [4.78, 5) is 4.19. The summed E-state index contributed by atoms with van der Waals surface area (Å²) in [6.45, 7) is 3.98. The van der Waals surface area contributed by atoms with Gasteiger partial charge in [0.05, 0.1) is 18.1 Å². The third-order valence-corrected chi connectivity index (χ3v) is 1.80. The first-order valence-corrected chi connectivity index (χ1v) is 4.20. The molecule has 1 rings (SSSR count). The Kier molecular flexibility index (Phi) is 2.87. The normalized spacial score (nSPS) is 12.4. The number of hydrogen-bond donors (Lipinski definition) is 0. The van der Waals surface area contributed by atoms with Gasteiger partial charge in [-0.1, -0.05) is 13.3 Å². The van der Waals surface area contributed by atoms with Crippen LogP contribution in [0.25, 0.3) is 0 Å². The van der Waals surface area contributed by atoms with Crippen LogP contribution in [0.1, 0.15) is 32.0 Å². The van der Waals surface area contributed by atoms with E-state index in [1.807, 2.05) is 17.7 Å². The minimum Gasteiger partial charge on any atom is -0.321 e. The van der Waals surface area contributed by atoms with E-state index in [4.69, 9.17) is 5.26 Å². The van der Waals surface area contributed by atoms with Crippen molar-refractivity contribution in [1.29, 1.82) is 5.26 Å². The van der Waals surface area contributed by atoms with Crippen LogP contribution in [-0.2, 0) is 6.42 Å². The van der Waals surface area contributed by atoms with E-state index in [-0.39, 0.29) is 6.04 Å². The molecule has 0 aliphatic carbocycles. The van der Waals surface area contributed by atoms with Crippen molar-refractivity contribution < 1.29 is 0 Å². The largest absolute Gasteiger partial charge is 0.321 e. The highest BCUT2D eigenvalue weighted by Gasteiger charge is 2.02. The zero-order valence-corrected chi connectivity index (χ0v) is 7.49. The van der Waals surface area contributed by atoms with Gasteiger partial charge < -0.3 is 4.57 Å². The smallest absolute Gasteiger partial charge is 0.119 e. The predicted molar refractivity (Wildman–Crippen MR) is 46.5 cm³/mol. The molecule has 1 unspecified atom stereocenters. The maximum Gasteiger partial charge on any atom is 0.119 e. The Morgan fingerprint density at radius 3 is 3.08 bits per heavy atom. The molecule has 1 aromatic rings. The average Bonchev–Trinajstić information content (AvgIpc) is 2.52. The Morgan fingerprint density at radius 1 is 1.75 bits per heavy atom. The van der Waals surface area contributed by atoms with Gasteiger partial charge in [-0.3, -0.25) is 0 Å². The lowest BCUT2D eigenvalue weighted by atomic mass is 10.3. The number of nitrogens with zero attached hydrogens (tertiary/aromatic N) is 3. The van der Waals surface area contributed by atoms with E-state index >= 15 is 0 Å². The van der Waals surface area contributed by atoms with E-state index in [0.29, 0.717) is 0 Å². The molecule has 1 aromatic heterocycles. The maximum atomic E-state index is 8.63. The van der Waals surface area contributed by atoms with E-state index in [1.54, 1.807) is 6.33 Å². The Morgan fingerprint density at radius 2 is 2.50 bits per heavy atom. The summed E-state index contributed by atoms with van der Waals surface area (Å²) in [7, 11) is 0. The van der Waals surface area contributed by atoms with Crippen molar-refractivity contribution in [2.45, 2.75) is 32.7 Å². The Labute approximate surface area is 72.7 Å². The number of imidazole rings is 1. The highest BCUT2D eigenvalue weighted by Crippen LogP contribution is 2.06. The molecule has 3 nitrogen and oxygen atoms in total. The molecular formula is C9H13N3. The van der Waals surface area contributed by atoms with Crippen LogP contribution >= 0.6 is 0 Å². The second-order valence-corrected chi connectivity index (χ2v) is 2.87. The molecule has 0 aliphatic rings. The van der Waals surface area contributed by atoms with Crippen LogP contribution in [0.15, 0.2) is 12.5 Å². The third-order valence-electron chi connectivity index (χ3n) is 1.80. The first kappa shape index (κ1) is 8.79. The second-order valence-electron chi connectivity index (χ2n) is 2.87. The highest BCUT2D eigenvalue weighted by molar-refractivity contribution is 5.00. The molecule has 0 aromatic carbocycles. The van der Waals surface area contributed by atoms with Crippen molar-refractivity contribution in [3.63, 3.8) is 0 Å². The standard InChI is InChI=1S/C9H13N3/c1-3-4-9-6-12(7-11-9)8(2)5-10/h6-8H,3-4H2,1-2H3. The summed E-state index contributed by atoms with van der Waals surface area (Å²) in [5.41, 5.74) is 1.07. The molecule has 1 heterocycles. The first-order chi connectivity index (χ1) is 5.77. The molecular weight excluding hydrogens is 150 g/mol. The van der Waals surface area contributed by atoms with Crippen molar-refractivity contribution in [2.75, 3.05) is 0 Å². The average molecular weight is 163 g/mol. The quantitative estimate of drug-likeness (QED) is 0.683. The van der Waals surface area contributed by atoms with Gasteiger partial charge >= 0.3 is 0 Å². The Bertz CT molecular complexity index is 282. The molecule has 0 radical (unpaired) electrons. The van der Waals surface area contributed by atoms with Gasteiger partial charge in [0.1, 0.15) is 6.04 Å². The molecule has 0 saturated heterocycles. The van der Waals surface area contributed by atoms with Crippen LogP contribution in [0, 0.1) is 11.3 Å². The van der Waals surface area contributed by atoms with Crippen molar-refractivity contribution in [3.05, 3.63) is 18.2 Å². The SMILES string of the molecule is CCCc1cn(C(C)C#N)cn1. The summed E-state index contributed by atoms with van der Waals surface area (Å²) in [6.07, 6.45) is 5.75. The Hall–Kier alpha value is -1.30. The van der Waals surface area contributed by atoms with Gasteiger partial charge in [0.2, 0.25) is 0 Å². The molecule has 0 aliphatic heterocycles. The van der Waals surface area contributed by atoms with Gasteiger partial charge in [-0.05, 0) is 13.3 Å². The molecule has 0 amide bonds. The zero-order valence-electron chi connectivity index (χ0n) is 7.49. The molecule has 0 fully saturated rings. The van der Waals surface area contributed by atoms with E-state index in [1.165, 1.54) is 0 Å². The lowest BCUT2D eigenvalue weighted by Crippen LogP contribution is -1.98. The summed E-state index contributed by atoms with van der Waals surface area (Å²) in [6, 6.07) is 2.05.